The molecule has 9 nitrogen and oxygen atoms in total. The molecule has 2 aromatic rings. The number of carbonyl (C=O) groups excluding carboxylic acids is 1. The van der Waals surface area contributed by atoms with Crippen molar-refractivity contribution in [2.24, 2.45) is 10.9 Å². The number of carbonyl (C=O) groups is 1. The zero-order valence-electron chi connectivity index (χ0n) is 18.2. The predicted octanol–water partition coefficient (Wildman–Crippen LogP) is 1.48. The van der Waals surface area contributed by atoms with Gasteiger partial charge in [0, 0.05) is 32.1 Å². The summed E-state index contributed by atoms with van der Waals surface area (Å²) in [6, 6.07) is 7.89. The van der Waals surface area contributed by atoms with Gasteiger partial charge in [0.05, 0.1) is 11.4 Å². The molecule has 0 bridgehead atoms. The van der Waals surface area contributed by atoms with Crippen LogP contribution in [0, 0.1) is 23.1 Å². The Balaban J connectivity index is 1.52. The molecule has 1 saturated carbocycles. The third-order valence-corrected chi connectivity index (χ3v) is 5.03. The summed E-state index contributed by atoms with van der Waals surface area (Å²) in [4.78, 5) is 16.2. The van der Waals surface area contributed by atoms with Crippen LogP contribution >= 0.6 is 0 Å². The largest absolute Gasteiger partial charge is 0.382 e. The minimum absolute atomic E-state index is 0.126. The van der Waals surface area contributed by atoms with E-state index in [-0.39, 0.29) is 23.5 Å². The maximum atomic E-state index is 13.2. The quantitative estimate of drug-likeness (QED) is 0.251. The highest BCUT2D eigenvalue weighted by molar-refractivity contribution is 5.81. The predicted molar refractivity (Wildman–Crippen MR) is 121 cm³/mol. The van der Waals surface area contributed by atoms with Crippen molar-refractivity contribution in [3.05, 3.63) is 41.3 Å². The van der Waals surface area contributed by atoms with E-state index in [0.29, 0.717) is 55.4 Å². The number of hydrogen-bond donors (Lipinski definition) is 4. The van der Waals surface area contributed by atoms with Crippen molar-refractivity contribution < 1.29 is 9.18 Å². The number of guanidine groups is 1. The van der Waals surface area contributed by atoms with Crippen LogP contribution in [0.25, 0.3) is 5.69 Å². The molecule has 32 heavy (non-hydrogen) atoms. The van der Waals surface area contributed by atoms with Crippen molar-refractivity contribution in [3.63, 3.8) is 0 Å². The molecule has 0 radical (unpaired) electrons. The van der Waals surface area contributed by atoms with Gasteiger partial charge in [-0.05, 0) is 56.9 Å². The van der Waals surface area contributed by atoms with E-state index in [1.165, 1.54) is 16.8 Å². The van der Waals surface area contributed by atoms with Gasteiger partial charge in [-0.3, -0.25) is 9.79 Å². The summed E-state index contributed by atoms with van der Waals surface area (Å²) in [6.45, 7) is 4.36. The van der Waals surface area contributed by atoms with Crippen LogP contribution in [0.3, 0.4) is 0 Å². The van der Waals surface area contributed by atoms with E-state index in [4.69, 9.17) is 5.73 Å². The highest BCUT2D eigenvalue weighted by Crippen LogP contribution is 2.28. The summed E-state index contributed by atoms with van der Waals surface area (Å²) >= 11 is 0. The maximum absolute atomic E-state index is 13.2. The summed E-state index contributed by atoms with van der Waals surface area (Å²) in [5, 5.41) is 23.2. The first kappa shape index (κ1) is 23.1. The average molecular weight is 441 g/mol. The van der Waals surface area contributed by atoms with Gasteiger partial charge in [0.25, 0.3) is 0 Å². The van der Waals surface area contributed by atoms with E-state index >= 15 is 0 Å². The Morgan fingerprint density at radius 2 is 2.00 bits per heavy atom. The van der Waals surface area contributed by atoms with E-state index in [0.717, 1.165) is 19.4 Å². The number of nitrogens with one attached hydrogen (secondary N) is 3. The third-order valence-electron chi connectivity index (χ3n) is 5.03. The average Bonchev–Trinajstić information content (AvgIpc) is 3.59. The lowest BCUT2D eigenvalue weighted by atomic mass is 10.1. The van der Waals surface area contributed by atoms with Gasteiger partial charge in [-0.1, -0.05) is 0 Å². The molecule has 1 aliphatic rings. The number of benzene rings is 1. The molecule has 0 unspecified atom stereocenters. The third kappa shape index (κ3) is 6.20. The van der Waals surface area contributed by atoms with Crippen LogP contribution in [0.4, 0.5) is 10.2 Å². The molecule has 1 amide bonds. The fourth-order valence-corrected chi connectivity index (χ4v) is 3.19. The number of hydrogen-bond acceptors (Lipinski definition) is 5. The van der Waals surface area contributed by atoms with Crippen LogP contribution in [0.1, 0.15) is 37.4 Å². The molecule has 0 spiro atoms. The van der Waals surface area contributed by atoms with Crippen LogP contribution in [-0.2, 0) is 11.2 Å². The first-order valence-corrected chi connectivity index (χ1v) is 10.9. The molecule has 1 aromatic carbocycles. The van der Waals surface area contributed by atoms with Gasteiger partial charge in [0.1, 0.15) is 23.3 Å². The lowest BCUT2D eigenvalue weighted by molar-refractivity contribution is -0.122. The number of nitriles is 1. The lowest BCUT2D eigenvalue weighted by Crippen LogP contribution is -2.41. The van der Waals surface area contributed by atoms with Gasteiger partial charge in [-0.2, -0.15) is 10.4 Å². The van der Waals surface area contributed by atoms with E-state index in [1.54, 1.807) is 12.1 Å². The molecule has 170 valence electrons. The van der Waals surface area contributed by atoms with Gasteiger partial charge < -0.3 is 21.7 Å². The standard InChI is InChI=1S/C22H29FN8O/c1-2-26-22(29-13-12-27-21(32)15-5-6-15)28-11-3-4-19-18(14-24)20(25)31(30-19)17-9-7-16(23)8-10-17/h7-10,15H,2-6,11-13,25H2,1H3,(H,27,32)(H2,26,28,29). The van der Waals surface area contributed by atoms with Gasteiger partial charge in [0.2, 0.25) is 5.91 Å². The van der Waals surface area contributed by atoms with Crippen molar-refractivity contribution in [2.45, 2.75) is 32.6 Å². The Labute approximate surface area is 186 Å². The monoisotopic (exact) mass is 440 g/mol. The Kier molecular flexibility index (Phi) is 8.02. The van der Waals surface area contributed by atoms with Crippen LogP contribution < -0.4 is 21.7 Å². The van der Waals surface area contributed by atoms with Crippen molar-refractivity contribution in [1.82, 2.24) is 25.7 Å². The van der Waals surface area contributed by atoms with E-state index in [2.05, 4.69) is 32.1 Å². The Hall–Kier alpha value is -3.61. The van der Waals surface area contributed by atoms with Gasteiger partial charge in [-0.15, -0.1) is 0 Å². The van der Waals surface area contributed by atoms with Gasteiger partial charge in [-0.25, -0.2) is 9.07 Å². The summed E-state index contributed by atoms with van der Waals surface area (Å²) in [5.74, 6) is 0.886. The molecule has 1 heterocycles. The van der Waals surface area contributed by atoms with Crippen molar-refractivity contribution in [1.29, 1.82) is 5.26 Å². The zero-order valence-corrected chi connectivity index (χ0v) is 18.2. The Morgan fingerprint density at radius 1 is 1.28 bits per heavy atom. The van der Waals surface area contributed by atoms with Crippen molar-refractivity contribution in [3.8, 4) is 11.8 Å². The molecule has 0 aliphatic heterocycles. The number of aryl methyl sites for hydroxylation is 1. The molecule has 10 heteroatoms. The summed E-state index contributed by atoms with van der Waals surface area (Å²) in [6.07, 6.45) is 3.18. The summed E-state index contributed by atoms with van der Waals surface area (Å²) in [7, 11) is 0. The van der Waals surface area contributed by atoms with Crippen LogP contribution in [0.5, 0.6) is 0 Å². The topological polar surface area (TPSA) is 133 Å². The number of nitrogens with zero attached hydrogens (tertiary/aromatic N) is 4. The molecule has 0 atom stereocenters. The maximum Gasteiger partial charge on any atom is 0.223 e. The molecular formula is C22H29FN8O. The number of nitrogens with two attached hydrogens (primary N) is 1. The highest BCUT2D eigenvalue weighted by atomic mass is 19.1. The number of aliphatic imine (C=N–C) groups is 1. The molecule has 1 aliphatic carbocycles. The zero-order chi connectivity index (χ0) is 22.9. The Bertz CT molecular complexity index is 989. The molecule has 3 rings (SSSR count). The molecule has 1 aromatic heterocycles. The second-order valence-corrected chi connectivity index (χ2v) is 7.56. The van der Waals surface area contributed by atoms with E-state index in [9.17, 15) is 14.4 Å². The summed E-state index contributed by atoms with van der Waals surface area (Å²) in [5.41, 5.74) is 7.61. The van der Waals surface area contributed by atoms with Crippen molar-refractivity contribution in [2.75, 3.05) is 31.9 Å². The Morgan fingerprint density at radius 3 is 2.66 bits per heavy atom. The normalized spacial score (nSPS) is 13.5. The molecule has 1 fully saturated rings. The number of amides is 1. The number of nitrogen functional groups attached to an aromatic ring is 1. The van der Waals surface area contributed by atoms with E-state index < -0.39 is 0 Å². The van der Waals surface area contributed by atoms with Gasteiger partial charge in [0.15, 0.2) is 5.96 Å². The molecule has 5 N–H and O–H groups in total. The van der Waals surface area contributed by atoms with Gasteiger partial charge >= 0.3 is 0 Å². The number of aromatic nitrogens is 2. The van der Waals surface area contributed by atoms with E-state index in [1.807, 2.05) is 6.92 Å². The number of rotatable bonds is 10. The number of halogens is 1. The minimum atomic E-state index is -0.353. The summed E-state index contributed by atoms with van der Waals surface area (Å²) < 4.78 is 14.6. The van der Waals surface area contributed by atoms with Crippen LogP contribution in [0.2, 0.25) is 0 Å². The lowest BCUT2D eigenvalue weighted by Gasteiger charge is -2.11. The first-order chi connectivity index (χ1) is 15.5. The minimum Gasteiger partial charge on any atom is -0.382 e. The highest BCUT2D eigenvalue weighted by Gasteiger charge is 2.28. The smallest absolute Gasteiger partial charge is 0.223 e. The molecule has 0 saturated heterocycles. The fraction of sp³-hybridized carbons (Fsp3) is 0.455. The van der Waals surface area contributed by atoms with Crippen LogP contribution in [-0.4, -0.2) is 47.8 Å². The fourth-order valence-electron chi connectivity index (χ4n) is 3.19. The SMILES string of the molecule is CCNC(=NCCCc1nn(-c2ccc(F)cc2)c(N)c1C#N)NCCNC(=O)C1CC1. The second kappa shape index (κ2) is 11.1. The second-order valence-electron chi connectivity index (χ2n) is 7.56. The first-order valence-electron chi connectivity index (χ1n) is 10.9. The number of anilines is 1. The van der Waals surface area contributed by atoms with Crippen LogP contribution in [0.15, 0.2) is 29.3 Å². The van der Waals surface area contributed by atoms with Crippen molar-refractivity contribution >= 4 is 17.7 Å². The molecular weight excluding hydrogens is 411 g/mol.